The van der Waals surface area contributed by atoms with Crippen molar-refractivity contribution in [2.45, 2.75) is 25.9 Å². The van der Waals surface area contributed by atoms with Gasteiger partial charge in [-0.3, -0.25) is 14.0 Å². The van der Waals surface area contributed by atoms with E-state index >= 15 is 0 Å². The number of aliphatic imine (C=N–C) groups is 1. The Bertz CT molecular complexity index is 1010. The van der Waals surface area contributed by atoms with Crippen LogP contribution in [0.2, 0.25) is 0 Å². The Kier molecular flexibility index (Phi) is 9.57. The third kappa shape index (κ3) is 7.47. The van der Waals surface area contributed by atoms with Gasteiger partial charge in [-0.1, -0.05) is 60.7 Å². The summed E-state index contributed by atoms with van der Waals surface area (Å²) in [6, 6.07) is 19.1. The Labute approximate surface area is 199 Å². The predicted molar refractivity (Wildman–Crippen MR) is 134 cm³/mol. The van der Waals surface area contributed by atoms with Crippen LogP contribution >= 0.6 is 19.5 Å². The highest BCUT2D eigenvalue weighted by atomic mass is 32.2. The molecule has 0 spiro atoms. The molecule has 8 nitrogen and oxygen atoms in total. The fraction of sp³-hybridized carbons (Fsp3) is 0.304. The lowest BCUT2D eigenvalue weighted by Gasteiger charge is -2.30. The zero-order chi connectivity index (χ0) is 23.5. The smallest absolute Gasteiger partial charge is 0.369 e. The molecule has 10 heteroatoms. The van der Waals surface area contributed by atoms with E-state index in [-0.39, 0.29) is 19.2 Å². The van der Waals surface area contributed by atoms with Crippen LogP contribution in [0.1, 0.15) is 22.5 Å². The molecule has 2 aromatic carbocycles. The molecule has 176 valence electrons. The van der Waals surface area contributed by atoms with E-state index in [4.69, 9.17) is 14.8 Å². The minimum atomic E-state index is -3.80. The summed E-state index contributed by atoms with van der Waals surface area (Å²) in [6.45, 7) is 2.58. The molecule has 1 aromatic heterocycles. The monoisotopic (exact) mass is 487 g/mol. The molecule has 1 heterocycles. The van der Waals surface area contributed by atoms with Gasteiger partial charge in [-0.2, -0.15) is 11.8 Å². The number of aryl methyl sites for hydroxylation is 1. The molecular formula is C23H30N5O3PS. The number of imidazole rings is 1. The van der Waals surface area contributed by atoms with E-state index in [0.717, 1.165) is 28.3 Å². The summed E-state index contributed by atoms with van der Waals surface area (Å²) in [7, 11) is -2.24. The number of rotatable bonds is 12. The molecule has 0 aliphatic carbocycles. The van der Waals surface area contributed by atoms with Gasteiger partial charge in [-0.15, -0.1) is 0 Å². The molecule has 0 amide bonds. The van der Waals surface area contributed by atoms with Gasteiger partial charge in [0.05, 0.1) is 25.2 Å². The number of aromatic nitrogens is 2. The summed E-state index contributed by atoms with van der Waals surface area (Å²) in [5, 5.41) is 0. The molecule has 0 radical (unpaired) electrons. The lowest BCUT2D eigenvalue weighted by atomic mass is 10.2. The third-order valence-corrected chi connectivity index (χ3v) is 7.74. The van der Waals surface area contributed by atoms with Crippen LogP contribution in [-0.4, -0.2) is 39.9 Å². The molecule has 0 saturated carbocycles. The van der Waals surface area contributed by atoms with Crippen molar-refractivity contribution in [3.05, 3.63) is 89.5 Å². The van der Waals surface area contributed by atoms with Crippen molar-refractivity contribution in [2.24, 2.45) is 10.7 Å². The lowest BCUT2D eigenvalue weighted by Crippen LogP contribution is -2.37. The van der Waals surface area contributed by atoms with Crippen molar-refractivity contribution in [1.82, 2.24) is 14.6 Å². The maximum absolute atomic E-state index is 14.0. The van der Waals surface area contributed by atoms with E-state index in [1.165, 1.54) is 4.67 Å². The van der Waals surface area contributed by atoms with Crippen LogP contribution in [0.4, 0.5) is 0 Å². The van der Waals surface area contributed by atoms with E-state index in [9.17, 15) is 4.57 Å². The first-order chi connectivity index (χ1) is 16.0. The third-order valence-electron chi connectivity index (χ3n) is 4.88. The number of hydrogen-bond donors (Lipinski definition) is 2. The Balaban J connectivity index is 1.73. The number of hydrogen-bond acceptors (Lipinski definition) is 6. The summed E-state index contributed by atoms with van der Waals surface area (Å²) < 4.78 is 27.3. The van der Waals surface area contributed by atoms with E-state index in [0.29, 0.717) is 12.3 Å². The van der Waals surface area contributed by atoms with Crippen LogP contribution in [0, 0.1) is 6.92 Å². The molecule has 0 atom stereocenters. The van der Waals surface area contributed by atoms with Crippen molar-refractivity contribution in [2.75, 3.05) is 19.3 Å². The van der Waals surface area contributed by atoms with Gasteiger partial charge in [0, 0.05) is 30.8 Å². The summed E-state index contributed by atoms with van der Waals surface area (Å²) in [6.07, 6.45) is 1.68. The number of benzene rings is 2. The fourth-order valence-corrected chi connectivity index (χ4v) is 5.71. The van der Waals surface area contributed by atoms with Gasteiger partial charge < -0.3 is 10.7 Å². The van der Waals surface area contributed by atoms with Crippen molar-refractivity contribution >= 4 is 25.5 Å². The van der Waals surface area contributed by atoms with Gasteiger partial charge in [-0.25, -0.2) is 14.2 Å². The van der Waals surface area contributed by atoms with Gasteiger partial charge in [0.25, 0.3) is 0 Å². The topological polar surface area (TPSA) is 106 Å². The molecule has 0 fully saturated rings. The average molecular weight is 488 g/mol. The van der Waals surface area contributed by atoms with Crippen LogP contribution in [-0.2, 0) is 32.6 Å². The van der Waals surface area contributed by atoms with Gasteiger partial charge in [0.2, 0.25) is 0 Å². The fourth-order valence-electron chi connectivity index (χ4n) is 2.97. The van der Waals surface area contributed by atoms with E-state index in [1.54, 1.807) is 25.1 Å². The SMILES string of the molecule is CN=C(N)N(CCSCc1nc[nH]c1C)P(=O)(OCc1ccccc1)OCc1ccccc1. The molecule has 0 bridgehead atoms. The quantitative estimate of drug-likeness (QED) is 0.164. The minimum Gasteiger partial charge on any atom is -0.369 e. The van der Waals surface area contributed by atoms with Crippen LogP contribution in [0.25, 0.3) is 0 Å². The minimum absolute atomic E-state index is 0.107. The first-order valence-corrected chi connectivity index (χ1v) is 13.2. The van der Waals surface area contributed by atoms with Crippen molar-refractivity contribution in [3.63, 3.8) is 0 Å². The number of aromatic amines is 1. The number of H-pyrrole nitrogens is 1. The van der Waals surface area contributed by atoms with Gasteiger partial charge in [0.15, 0.2) is 5.96 Å². The Morgan fingerprint density at radius 1 is 1.09 bits per heavy atom. The number of nitrogens with zero attached hydrogens (tertiary/aromatic N) is 3. The highest BCUT2D eigenvalue weighted by Gasteiger charge is 2.35. The summed E-state index contributed by atoms with van der Waals surface area (Å²) >= 11 is 1.66. The van der Waals surface area contributed by atoms with Crippen LogP contribution in [0.5, 0.6) is 0 Å². The van der Waals surface area contributed by atoms with Crippen LogP contribution in [0.15, 0.2) is 72.0 Å². The van der Waals surface area contributed by atoms with Crippen molar-refractivity contribution in [3.8, 4) is 0 Å². The summed E-state index contributed by atoms with van der Waals surface area (Å²) in [4.78, 5) is 11.5. The van der Waals surface area contributed by atoms with E-state index in [1.807, 2.05) is 67.6 Å². The second kappa shape index (κ2) is 12.6. The zero-order valence-electron chi connectivity index (χ0n) is 18.9. The van der Waals surface area contributed by atoms with Gasteiger partial charge in [0.1, 0.15) is 0 Å². The molecule has 3 rings (SSSR count). The van der Waals surface area contributed by atoms with Gasteiger partial charge >= 0.3 is 7.75 Å². The molecule has 0 saturated heterocycles. The number of thioether (sulfide) groups is 1. The molecule has 0 aliphatic heterocycles. The average Bonchev–Trinajstić information content (AvgIpc) is 3.27. The maximum Gasteiger partial charge on any atom is 0.438 e. The molecular weight excluding hydrogens is 457 g/mol. The summed E-state index contributed by atoms with van der Waals surface area (Å²) in [5.74, 6) is 1.47. The second-order valence-corrected chi connectivity index (χ2v) is 10.3. The first-order valence-electron chi connectivity index (χ1n) is 10.6. The molecule has 3 N–H and O–H groups in total. The Morgan fingerprint density at radius 2 is 1.67 bits per heavy atom. The molecule has 33 heavy (non-hydrogen) atoms. The Hall–Kier alpha value is -2.58. The number of nitrogens with two attached hydrogens (primary N) is 1. The van der Waals surface area contributed by atoms with E-state index in [2.05, 4.69) is 15.0 Å². The number of nitrogens with one attached hydrogen (secondary N) is 1. The maximum atomic E-state index is 14.0. The lowest BCUT2D eigenvalue weighted by molar-refractivity contribution is 0.163. The normalized spacial score (nSPS) is 12.1. The second-order valence-electron chi connectivity index (χ2n) is 7.22. The first kappa shape index (κ1) is 25.1. The predicted octanol–water partition coefficient (Wildman–Crippen LogP) is 4.74. The van der Waals surface area contributed by atoms with Crippen molar-refractivity contribution < 1.29 is 13.6 Å². The van der Waals surface area contributed by atoms with Crippen LogP contribution in [0.3, 0.4) is 0 Å². The highest BCUT2D eigenvalue weighted by molar-refractivity contribution is 7.98. The highest BCUT2D eigenvalue weighted by Crippen LogP contribution is 2.53. The van der Waals surface area contributed by atoms with Crippen LogP contribution < -0.4 is 5.73 Å². The number of guanidine groups is 1. The molecule has 0 aliphatic rings. The largest absolute Gasteiger partial charge is 0.438 e. The van der Waals surface area contributed by atoms with E-state index < -0.39 is 7.75 Å². The molecule has 3 aromatic rings. The Morgan fingerprint density at radius 3 is 2.15 bits per heavy atom. The zero-order valence-corrected chi connectivity index (χ0v) is 20.6. The van der Waals surface area contributed by atoms with Gasteiger partial charge in [-0.05, 0) is 18.1 Å². The summed E-state index contributed by atoms with van der Waals surface area (Å²) in [5.41, 5.74) is 9.96. The van der Waals surface area contributed by atoms with Crippen molar-refractivity contribution in [1.29, 1.82) is 0 Å². The standard InChI is InChI=1S/C23H30N5O3PS/c1-19-22(27-18-26-19)17-33-14-13-28(23(24)25-2)32(29,30-15-20-9-5-3-6-10-20)31-16-21-11-7-4-8-12-21/h3-12,18H,13-17H2,1-2H3,(H2,24,25)(H,26,27). The molecule has 0 unspecified atom stereocenters.